The second-order valence-electron chi connectivity index (χ2n) is 5.48. The molecule has 2 aromatic rings. The van der Waals surface area contributed by atoms with Gasteiger partial charge < -0.3 is 9.47 Å². The van der Waals surface area contributed by atoms with Gasteiger partial charge in [0.05, 0.1) is 19.9 Å². The lowest BCUT2D eigenvalue weighted by Crippen LogP contribution is -2.11. The number of benzene rings is 2. The molecule has 0 bridgehead atoms. The van der Waals surface area contributed by atoms with E-state index in [9.17, 15) is 0 Å². The Kier molecular flexibility index (Phi) is 4.77. The first-order chi connectivity index (χ1) is 11.3. The van der Waals surface area contributed by atoms with Crippen LogP contribution in [-0.4, -0.2) is 26.5 Å². The van der Waals surface area contributed by atoms with Crippen LogP contribution in [0.4, 0.5) is 0 Å². The third-order valence-corrected chi connectivity index (χ3v) is 4.00. The smallest absolute Gasteiger partial charge is 0.129 e. The lowest BCUT2D eigenvalue weighted by molar-refractivity contribution is 0.393. The minimum absolute atomic E-state index is 0.796. The average molecular weight is 307 g/mol. The van der Waals surface area contributed by atoms with Crippen LogP contribution < -0.4 is 9.47 Å². The predicted molar refractivity (Wildman–Crippen MR) is 94.6 cm³/mol. The van der Waals surface area contributed by atoms with E-state index in [1.165, 1.54) is 11.1 Å². The molecule has 3 heteroatoms. The van der Waals surface area contributed by atoms with Gasteiger partial charge in [-0.05, 0) is 42.2 Å². The van der Waals surface area contributed by atoms with Crippen LogP contribution in [0.3, 0.4) is 0 Å². The number of aliphatic imine (C=N–C) groups is 1. The highest BCUT2D eigenvalue weighted by molar-refractivity contribution is 6.15. The van der Waals surface area contributed by atoms with Gasteiger partial charge in [-0.15, -0.1) is 0 Å². The van der Waals surface area contributed by atoms with Crippen molar-refractivity contribution >= 4 is 11.8 Å². The van der Waals surface area contributed by atoms with Gasteiger partial charge in [-0.1, -0.05) is 30.3 Å². The molecule has 0 unspecified atom stereocenters. The predicted octanol–water partition coefficient (Wildman–Crippen LogP) is 4.37. The van der Waals surface area contributed by atoms with Gasteiger partial charge in [0.15, 0.2) is 0 Å². The molecule has 0 atom stereocenters. The van der Waals surface area contributed by atoms with Gasteiger partial charge in [-0.2, -0.15) is 0 Å². The van der Waals surface area contributed by atoms with Crippen LogP contribution in [0, 0.1) is 0 Å². The third kappa shape index (κ3) is 3.45. The van der Waals surface area contributed by atoms with Crippen molar-refractivity contribution in [3.05, 3.63) is 65.2 Å². The van der Waals surface area contributed by atoms with Crippen molar-refractivity contribution < 1.29 is 9.47 Å². The van der Waals surface area contributed by atoms with Crippen LogP contribution in [0.15, 0.2) is 59.1 Å². The Labute approximate surface area is 137 Å². The second kappa shape index (κ2) is 7.14. The van der Waals surface area contributed by atoms with Gasteiger partial charge >= 0.3 is 0 Å². The third-order valence-electron chi connectivity index (χ3n) is 4.00. The molecular formula is C20H21NO2. The van der Waals surface area contributed by atoms with Gasteiger partial charge in [0.25, 0.3) is 0 Å². The minimum Gasteiger partial charge on any atom is -0.497 e. The Balaban J connectivity index is 2.00. The van der Waals surface area contributed by atoms with Crippen molar-refractivity contribution in [1.82, 2.24) is 0 Å². The van der Waals surface area contributed by atoms with Gasteiger partial charge in [-0.25, -0.2) is 0 Å². The Hall–Kier alpha value is -2.55. The standard InChI is InChI=1S/C20H21NO2/c1-22-18-11-10-16(19(14-18)23-2)13-17-9-6-12-21-20(17)15-7-4-3-5-8-15/h3-5,7-8,10-11,13-14H,6,9,12H2,1-2H3/b17-13+. The SMILES string of the molecule is COc1ccc(/C=C2\CCCN=C2c2ccccc2)c(OC)c1. The summed E-state index contributed by atoms with van der Waals surface area (Å²) in [6.45, 7) is 0.890. The summed E-state index contributed by atoms with van der Waals surface area (Å²) in [5.41, 5.74) is 4.57. The number of allylic oxidation sites excluding steroid dienone is 1. The van der Waals surface area contributed by atoms with E-state index in [1.54, 1.807) is 14.2 Å². The van der Waals surface area contributed by atoms with Crippen LogP contribution in [-0.2, 0) is 0 Å². The monoisotopic (exact) mass is 307 g/mol. The van der Waals surface area contributed by atoms with Crippen molar-refractivity contribution in [1.29, 1.82) is 0 Å². The van der Waals surface area contributed by atoms with E-state index in [1.807, 2.05) is 24.3 Å². The number of hydrogen-bond acceptors (Lipinski definition) is 3. The van der Waals surface area contributed by atoms with E-state index in [4.69, 9.17) is 14.5 Å². The quantitative estimate of drug-likeness (QED) is 0.839. The summed E-state index contributed by atoms with van der Waals surface area (Å²) in [6, 6.07) is 16.3. The summed E-state index contributed by atoms with van der Waals surface area (Å²) in [6.07, 6.45) is 4.30. The summed E-state index contributed by atoms with van der Waals surface area (Å²) in [5, 5.41) is 0. The fraction of sp³-hybridized carbons (Fsp3) is 0.250. The molecule has 0 spiro atoms. The maximum atomic E-state index is 5.51. The van der Waals surface area contributed by atoms with Gasteiger partial charge in [-0.3, -0.25) is 4.99 Å². The van der Waals surface area contributed by atoms with Crippen LogP contribution in [0.2, 0.25) is 0 Å². The highest BCUT2D eigenvalue weighted by Gasteiger charge is 2.15. The molecule has 23 heavy (non-hydrogen) atoms. The zero-order valence-corrected chi connectivity index (χ0v) is 13.6. The summed E-state index contributed by atoms with van der Waals surface area (Å²) in [5.74, 6) is 1.61. The summed E-state index contributed by atoms with van der Waals surface area (Å²) in [7, 11) is 3.35. The molecule has 118 valence electrons. The molecule has 0 amide bonds. The summed E-state index contributed by atoms with van der Waals surface area (Å²) in [4.78, 5) is 4.75. The lowest BCUT2D eigenvalue weighted by Gasteiger charge is -2.17. The van der Waals surface area contributed by atoms with Crippen LogP contribution in [0.25, 0.3) is 6.08 Å². The maximum Gasteiger partial charge on any atom is 0.129 e. The van der Waals surface area contributed by atoms with Crippen molar-refractivity contribution in [2.75, 3.05) is 20.8 Å². The number of nitrogens with zero attached hydrogens (tertiary/aromatic N) is 1. The van der Waals surface area contributed by atoms with E-state index in [2.05, 4.69) is 30.3 Å². The first-order valence-corrected chi connectivity index (χ1v) is 7.84. The van der Waals surface area contributed by atoms with E-state index in [0.717, 1.165) is 42.2 Å². The number of methoxy groups -OCH3 is 2. The lowest BCUT2D eigenvalue weighted by atomic mass is 9.94. The second-order valence-corrected chi connectivity index (χ2v) is 5.48. The molecule has 1 heterocycles. The van der Waals surface area contributed by atoms with E-state index >= 15 is 0 Å². The summed E-state index contributed by atoms with van der Waals surface area (Å²) >= 11 is 0. The fourth-order valence-corrected chi connectivity index (χ4v) is 2.82. The summed E-state index contributed by atoms with van der Waals surface area (Å²) < 4.78 is 10.8. The molecule has 0 radical (unpaired) electrons. The first-order valence-electron chi connectivity index (χ1n) is 7.84. The van der Waals surface area contributed by atoms with Crippen molar-refractivity contribution in [3.8, 4) is 11.5 Å². The molecule has 0 aromatic heterocycles. The molecule has 0 saturated carbocycles. The van der Waals surface area contributed by atoms with Crippen LogP contribution in [0.5, 0.6) is 11.5 Å². The zero-order chi connectivity index (χ0) is 16.1. The Morgan fingerprint density at radius 2 is 1.83 bits per heavy atom. The van der Waals surface area contributed by atoms with Crippen LogP contribution in [0.1, 0.15) is 24.0 Å². The van der Waals surface area contributed by atoms with E-state index in [-0.39, 0.29) is 0 Å². The Morgan fingerprint density at radius 1 is 1.00 bits per heavy atom. The normalized spacial score (nSPS) is 16.1. The van der Waals surface area contributed by atoms with Gasteiger partial charge in [0.2, 0.25) is 0 Å². The van der Waals surface area contributed by atoms with Crippen molar-refractivity contribution in [2.24, 2.45) is 4.99 Å². The first kappa shape index (κ1) is 15.3. The Bertz CT molecular complexity index is 733. The molecule has 0 saturated heterocycles. The molecule has 3 rings (SSSR count). The highest BCUT2D eigenvalue weighted by Crippen LogP contribution is 2.29. The maximum absolute atomic E-state index is 5.51. The van der Waals surface area contributed by atoms with E-state index < -0.39 is 0 Å². The molecule has 2 aromatic carbocycles. The molecule has 0 N–H and O–H groups in total. The van der Waals surface area contributed by atoms with Crippen LogP contribution >= 0.6 is 0 Å². The van der Waals surface area contributed by atoms with Crippen molar-refractivity contribution in [3.63, 3.8) is 0 Å². The van der Waals surface area contributed by atoms with Gasteiger partial charge in [0, 0.05) is 18.2 Å². The average Bonchev–Trinajstić information content (AvgIpc) is 2.63. The van der Waals surface area contributed by atoms with Crippen molar-refractivity contribution in [2.45, 2.75) is 12.8 Å². The number of rotatable bonds is 4. The molecule has 1 aliphatic heterocycles. The molecule has 1 aliphatic rings. The van der Waals surface area contributed by atoms with Gasteiger partial charge in [0.1, 0.15) is 11.5 Å². The fourth-order valence-electron chi connectivity index (χ4n) is 2.82. The molecular weight excluding hydrogens is 286 g/mol. The largest absolute Gasteiger partial charge is 0.497 e. The number of hydrogen-bond donors (Lipinski definition) is 0. The molecule has 3 nitrogen and oxygen atoms in total. The van der Waals surface area contributed by atoms with E-state index in [0.29, 0.717) is 0 Å². The topological polar surface area (TPSA) is 30.8 Å². The minimum atomic E-state index is 0.796. The molecule has 0 fully saturated rings. The Morgan fingerprint density at radius 3 is 2.57 bits per heavy atom. The highest BCUT2D eigenvalue weighted by atomic mass is 16.5. The number of ether oxygens (including phenoxy) is 2. The zero-order valence-electron chi connectivity index (χ0n) is 13.6. The molecule has 0 aliphatic carbocycles.